The first kappa shape index (κ1) is 13.0. The topological polar surface area (TPSA) is 97.7 Å². The summed E-state index contributed by atoms with van der Waals surface area (Å²) in [7, 11) is 0. The van der Waals surface area contributed by atoms with E-state index < -0.39 is 17.7 Å². The minimum absolute atomic E-state index is 0.287. The van der Waals surface area contributed by atoms with Crippen LogP contribution in [-0.2, 0) is 16.1 Å². The molecular formula is C14H11N3O4. The van der Waals surface area contributed by atoms with Gasteiger partial charge in [0.15, 0.2) is 17.5 Å². The predicted octanol–water partition coefficient (Wildman–Crippen LogP) is 1.38. The summed E-state index contributed by atoms with van der Waals surface area (Å²) in [6.45, 7) is 0.287. The molecule has 1 unspecified atom stereocenters. The summed E-state index contributed by atoms with van der Waals surface area (Å²) in [5.74, 6) is -2.22. The van der Waals surface area contributed by atoms with Gasteiger partial charge in [-0.1, -0.05) is 0 Å². The molecule has 0 saturated carbocycles. The molecule has 0 spiro atoms. The van der Waals surface area contributed by atoms with Crippen molar-refractivity contribution in [2.45, 2.75) is 6.54 Å². The van der Waals surface area contributed by atoms with E-state index in [1.54, 1.807) is 35.3 Å². The molecule has 2 aromatic heterocycles. The Morgan fingerprint density at radius 1 is 1.43 bits per heavy atom. The van der Waals surface area contributed by atoms with Crippen LogP contribution in [-0.4, -0.2) is 32.9 Å². The number of nitrogens with zero attached hydrogens (tertiary/aromatic N) is 3. The molecular weight excluding hydrogens is 274 g/mol. The normalized spacial score (nSPS) is 17.8. The Kier molecular flexibility index (Phi) is 3.23. The van der Waals surface area contributed by atoms with E-state index in [4.69, 9.17) is 9.52 Å². The smallest absolute Gasteiger partial charge is 0.319 e. The Morgan fingerprint density at radius 3 is 2.95 bits per heavy atom. The molecule has 7 heteroatoms. The predicted molar refractivity (Wildman–Crippen MR) is 72.6 cm³/mol. The highest BCUT2D eigenvalue weighted by molar-refractivity contribution is 6.17. The lowest BCUT2D eigenvalue weighted by molar-refractivity contribution is -0.142. The molecule has 7 nitrogen and oxygen atoms in total. The number of furan rings is 1. The first-order chi connectivity index (χ1) is 10.1. The van der Waals surface area contributed by atoms with Crippen LogP contribution in [0.1, 0.15) is 0 Å². The Bertz CT molecular complexity index is 740. The maximum atomic E-state index is 11.6. The number of carboxylic acids is 1. The van der Waals surface area contributed by atoms with Crippen LogP contribution in [0.15, 0.2) is 51.8 Å². The number of rotatable bonds is 4. The van der Waals surface area contributed by atoms with E-state index in [0.717, 1.165) is 6.21 Å². The zero-order chi connectivity index (χ0) is 14.8. The number of hydrogen-bond donors (Lipinski definition) is 1. The van der Waals surface area contributed by atoms with Crippen LogP contribution in [0.2, 0.25) is 0 Å². The Balaban J connectivity index is 1.74. The van der Waals surface area contributed by atoms with Crippen LogP contribution in [0.4, 0.5) is 0 Å². The minimum Gasteiger partial charge on any atom is -0.480 e. The molecule has 0 fully saturated rings. The van der Waals surface area contributed by atoms with Gasteiger partial charge in [0.05, 0.1) is 18.5 Å². The monoisotopic (exact) mass is 285 g/mol. The molecule has 0 aliphatic carbocycles. The second kappa shape index (κ2) is 5.20. The molecule has 0 amide bonds. The van der Waals surface area contributed by atoms with Gasteiger partial charge in [0, 0.05) is 18.5 Å². The molecule has 0 bridgehead atoms. The van der Waals surface area contributed by atoms with E-state index in [-0.39, 0.29) is 6.54 Å². The van der Waals surface area contributed by atoms with Gasteiger partial charge in [-0.15, -0.1) is 0 Å². The highest BCUT2D eigenvalue weighted by atomic mass is 16.4. The van der Waals surface area contributed by atoms with Crippen molar-refractivity contribution >= 4 is 18.0 Å². The van der Waals surface area contributed by atoms with Crippen molar-refractivity contribution < 1.29 is 19.1 Å². The van der Waals surface area contributed by atoms with Crippen molar-refractivity contribution in [3.63, 3.8) is 0 Å². The van der Waals surface area contributed by atoms with Crippen LogP contribution < -0.4 is 0 Å². The van der Waals surface area contributed by atoms with Gasteiger partial charge in [0.2, 0.25) is 0 Å². The summed E-state index contributed by atoms with van der Waals surface area (Å²) in [6, 6.07) is 5.35. The number of aliphatic carboxylic acids is 1. The van der Waals surface area contributed by atoms with E-state index in [2.05, 4.69) is 10.1 Å². The zero-order valence-electron chi connectivity index (χ0n) is 10.8. The van der Waals surface area contributed by atoms with E-state index >= 15 is 0 Å². The van der Waals surface area contributed by atoms with E-state index in [0.29, 0.717) is 17.2 Å². The van der Waals surface area contributed by atoms with Gasteiger partial charge >= 0.3 is 5.97 Å². The third-order valence-corrected chi connectivity index (χ3v) is 3.01. The fourth-order valence-electron chi connectivity index (χ4n) is 1.98. The molecule has 21 heavy (non-hydrogen) atoms. The number of carboxylic acid groups (broad SMARTS) is 1. The van der Waals surface area contributed by atoms with Gasteiger partial charge < -0.3 is 9.52 Å². The average molecular weight is 285 g/mol. The van der Waals surface area contributed by atoms with Crippen molar-refractivity contribution in [3.8, 4) is 11.5 Å². The van der Waals surface area contributed by atoms with Crippen LogP contribution in [0, 0.1) is 5.92 Å². The molecule has 0 radical (unpaired) electrons. The second-order valence-electron chi connectivity index (χ2n) is 4.51. The molecule has 3 heterocycles. The zero-order valence-corrected chi connectivity index (χ0v) is 10.8. The van der Waals surface area contributed by atoms with Gasteiger partial charge in [0.25, 0.3) is 0 Å². The lowest BCUT2D eigenvalue weighted by atomic mass is 10.0. The largest absolute Gasteiger partial charge is 0.480 e. The molecule has 1 N–H and O–H groups in total. The van der Waals surface area contributed by atoms with Gasteiger partial charge in [-0.05, 0) is 18.2 Å². The third-order valence-electron chi connectivity index (χ3n) is 3.01. The van der Waals surface area contributed by atoms with E-state index in [9.17, 15) is 9.59 Å². The molecule has 1 aliphatic rings. The molecule has 2 aromatic rings. The Hall–Kier alpha value is -2.96. The summed E-state index contributed by atoms with van der Waals surface area (Å²) in [5.41, 5.74) is 1.14. The summed E-state index contributed by atoms with van der Waals surface area (Å²) in [6.07, 6.45) is 5.69. The van der Waals surface area contributed by atoms with Crippen molar-refractivity contribution in [3.05, 3.63) is 42.4 Å². The summed E-state index contributed by atoms with van der Waals surface area (Å²) < 4.78 is 6.85. The van der Waals surface area contributed by atoms with Gasteiger partial charge in [-0.3, -0.25) is 19.3 Å². The third kappa shape index (κ3) is 2.66. The number of hydrogen-bond acceptors (Lipinski definition) is 5. The Labute approximate surface area is 119 Å². The highest BCUT2D eigenvalue weighted by Crippen LogP contribution is 2.18. The number of carbonyl (C=O) groups is 2. The molecule has 0 aromatic carbocycles. The van der Waals surface area contributed by atoms with Crippen molar-refractivity contribution in [1.29, 1.82) is 0 Å². The van der Waals surface area contributed by atoms with Gasteiger partial charge in [-0.2, -0.15) is 5.10 Å². The van der Waals surface area contributed by atoms with Gasteiger partial charge in [-0.25, -0.2) is 0 Å². The second-order valence-corrected chi connectivity index (χ2v) is 4.51. The molecule has 3 rings (SSSR count). The lowest BCUT2D eigenvalue weighted by Gasteiger charge is -2.10. The van der Waals surface area contributed by atoms with Crippen molar-refractivity contribution in [1.82, 2.24) is 9.78 Å². The fourth-order valence-corrected chi connectivity index (χ4v) is 1.98. The summed E-state index contributed by atoms with van der Waals surface area (Å²) >= 11 is 0. The average Bonchev–Trinajstić information content (AvgIpc) is 3.08. The molecule has 0 saturated heterocycles. The first-order valence-corrected chi connectivity index (χ1v) is 6.22. The molecule has 106 valence electrons. The van der Waals surface area contributed by atoms with Crippen molar-refractivity contribution in [2.24, 2.45) is 10.9 Å². The SMILES string of the molecule is O=C(O)C1C=NC(Cn2ccc(-c3ccco3)n2)=CC1=O. The fraction of sp³-hybridized carbons (Fsp3) is 0.143. The van der Waals surface area contributed by atoms with Crippen LogP contribution >= 0.6 is 0 Å². The van der Waals surface area contributed by atoms with E-state index in [1.165, 1.54) is 6.08 Å². The summed E-state index contributed by atoms with van der Waals surface area (Å²) in [4.78, 5) is 26.4. The standard InChI is InChI=1S/C14H11N3O4/c18-12-6-9(15-7-10(12)14(19)20)8-17-4-3-11(16-17)13-2-1-5-21-13/h1-7,10H,8H2,(H,19,20). The minimum atomic E-state index is -1.20. The number of ketones is 1. The maximum Gasteiger partial charge on any atom is 0.319 e. The molecule has 1 atom stereocenters. The van der Waals surface area contributed by atoms with E-state index in [1.807, 2.05) is 0 Å². The molecule has 1 aliphatic heterocycles. The Morgan fingerprint density at radius 2 is 2.29 bits per heavy atom. The number of carbonyl (C=O) groups excluding carboxylic acids is 1. The van der Waals surface area contributed by atoms with Crippen LogP contribution in [0.5, 0.6) is 0 Å². The number of aliphatic imine (C=N–C) groups is 1. The first-order valence-electron chi connectivity index (χ1n) is 6.22. The highest BCUT2D eigenvalue weighted by Gasteiger charge is 2.25. The van der Waals surface area contributed by atoms with Crippen molar-refractivity contribution in [2.75, 3.05) is 0 Å². The quantitative estimate of drug-likeness (QED) is 0.856. The maximum absolute atomic E-state index is 11.6. The number of aromatic nitrogens is 2. The van der Waals surface area contributed by atoms with Crippen LogP contribution in [0.3, 0.4) is 0 Å². The summed E-state index contributed by atoms with van der Waals surface area (Å²) in [5, 5.41) is 13.1. The van der Waals surface area contributed by atoms with Crippen LogP contribution in [0.25, 0.3) is 11.5 Å². The van der Waals surface area contributed by atoms with Gasteiger partial charge in [0.1, 0.15) is 5.69 Å². The lowest BCUT2D eigenvalue weighted by Crippen LogP contribution is -2.26. The number of allylic oxidation sites excluding steroid dienone is 2.